The number of Topliss-reactive ketones (excluding diaryl/α,β-unsaturated/α-hetero) is 1. The van der Waals surface area contributed by atoms with Crippen LogP contribution in [0.1, 0.15) is 22.0 Å². The molecule has 3 rings (SSSR count). The molecule has 11 heteroatoms. The van der Waals surface area contributed by atoms with Crippen LogP contribution in [0.25, 0.3) is 0 Å². The quantitative estimate of drug-likeness (QED) is 0.531. The molecule has 0 spiro atoms. The maximum absolute atomic E-state index is 13.9. The number of alkyl halides is 3. The number of methoxy groups -OCH3 is 2. The number of hydrogen-bond donors (Lipinski definition) is 4. The van der Waals surface area contributed by atoms with Gasteiger partial charge in [-0.3, -0.25) is 4.79 Å². The number of nitrogens with one attached hydrogen (secondary N) is 2. The van der Waals surface area contributed by atoms with Crippen LogP contribution in [-0.4, -0.2) is 48.1 Å². The molecule has 0 radical (unpaired) electrons. The summed E-state index contributed by atoms with van der Waals surface area (Å²) in [6, 6.07) is 5.90. The van der Waals surface area contributed by atoms with Crippen LogP contribution < -0.4 is 20.1 Å². The Labute approximate surface area is 174 Å². The number of rotatable bonds is 5. The third-order valence-electron chi connectivity index (χ3n) is 5.03. The molecule has 31 heavy (non-hydrogen) atoms. The average Bonchev–Trinajstić information content (AvgIpc) is 2.72. The number of aromatic hydroxyl groups is 1. The average molecular weight is 440 g/mol. The topological polar surface area (TPSA) is 117 Å². The summed E-state index contributed by atoms with van der Waals surface area (Å²) in [5.74, 6) is -3.29. The van der Waals surface area contributed by atoms with Gasteiger partial charge in [-0.15, -0.1) is 0 Å². The van der Waals surface area contributed by atoms with Gasteiger partial charge in [-0.2, -0.15) is 13.2 Å². The van der Waals surface area contributed by atoms with Gasteiger partial charge in [0.2, 0.25) is 5.72 Å². The van der Waals surface area contributed by atoms with E-state index in [2.05, 4.69) is 5.32 Å². The zero-order chi connectivity index (χ0) is 23.0. The van der Waals surface area contributed by atoms with E-state index >= 15 is 0 Å². The van der Waals surface area contributed by atoms with Crippen molar-refractivity contribution in [3.05, 3.63) is 53.6 Å². The van der Waals surface area contributed by atoms with Crippen LogP contribution in [0.15, 0.2) is 42.5 Å². The van der Waals surface area contributed by atoms with Crippen LogP contribution in [-0.2, 0) is 0 Å². The zero-order valence-electron chi connectivity index (χ0n) is 16.4. The molecule has 4 N–H and O–H groups in total. The number of urea groups is 1. The van der Waals surface area contributed by atoms with Crippen molar-refractivity contribution in [1.82, 2.24) is 10.6 Å². The van der Waals surface area contributed by atoms with E-state index in [1.807, 2.05) is 0 Å². The van der Waals surface area contributed by atoms with Gasteiger partial charge in [0, 0.05) is 5.56 Å². The van der Waals surface area contributed by atoms with Crippen molar-refractivity contribution in [2.24, 2.45) is 5.92 Å². The summed E-state index contributed by atoms with van der Waals surface area (Å²) >= 11 is 0. The molecule has 2 aromatic rings. The van der Waals surface area contributed by atoms with E-state index in [1.165, 1.54) is 55.9 Å². The van der Waals surface area contributed by atoms with Crippen LogP contribution in [0.4, 0.5) is 18.0 Å². The molecule has 1 aliphatic heterocycles. The summed E-state index contributed by atoms with van der Waals surface area (Å²) in [4.78, 5) is 25.2. The second kappa shape index (κ2) is 7.99. The molecule has 0 saturated carbocycles. The third kappa shape index (κ3) is 3.96. The first-order valence-electron chi connectivity index (χ1n) is 8.94. The third-order valence-corrected chi connectivity index (χ3v) is 5.03. The number of hydrogen-bond acceptors (Lipinski definition) is 6. The lowest BCUT2D eigenvalue weighted by atomic mass is 9.77. The number of ketones is 1. The molecule has 2 amide bonds. The highest BCUT2D eigenvalue weighted by atomic mass is 19.4. The number of carbonyl (C=O) groups excluding carboxylic acids is 2. The Balaban J connectivity index is 2.16. The fourth-order valence-electron chi connectivity index (χ4n) is 3.44. The Morgan fingerprint density at radius 3 is 2.29 bits per heavy atom. The summed E-state index contributed by atoms with van der Waals surface area (Å²) in [6.45, 7) is 0. The molecule has 1 fully saturated rings. The summed E-state index contributed by atoms with van der Waals surface area (Å²) < 4.78 is 51.7. The van der Waals surface area contributed by atoms with Crippen molar-refractivity contribution in [2.45, 2.75) is 17.9 Å². The van der Waals surface area contributed by atoms with Gasteiger partial charge in [-0.25, -0.2) is 4.79 Å². The number of benzene rings is 2. The molecule has 3 atom stereocenters. The second-order valence-electron chi connectivity index (χ2n) is 6.84. The van der Waals surface area contributed by atoms with Crippen LogP contribution in [0, 0.1) is 5.92 Å². The van der Waals surface area contributed by atoms with E-state index in [1.54, 1.807) is 0 Å². The van der Waals surface area contributed by atoms with Gasteiger partial charge in [0.25, 0.3) is 0 Å². The first kappa shape index (κ1) is 22.2. The van der Waals surface area contributed by atoms with Crippen LogP contribution in [0.2, 0.25) is 0 Å². The highest BCUT2D eigenvalue weighted by molar-refractivity contribution is 6.00. The van der Waals surface area contributed by atoms with Gasteiger partial charge in [0.15, 0.2) is 17.3 Å². The Bertz CT molecular complexity index is 995. The maximum Gasteiger partial charge on any atom is 0.437 e. The molecule has 0 unspecified atom stereocenters. The lowest BCUT2D eigenvalue weighted by molar-refractivity contribution is -0.287. The Morgan fingerprint density at radius 1 is 1.10 bits per heavy atom. The minimum atomic E-state index is -5.38. The lowest BCUT2D eigenvalue weighted by Gasteiger charge is -2.45. The molecule has 1 saturated heterocycles. The van der Waals surface area contributed by atoms with Crippen molar-refractivity contribution in [3.63, 3.8) is 0 Å². The standard InChI is InChI=1S/C20H19F3N2O6/c1-30-12-6-3-10(4-7-12)17(27)15-16(11-5-8-13(26)14(9-11)31-2)24-18(28)25-19(15,29)20(21,22)23/h3-9,15-16,26,29H,1-2H3,(H2,24,25,28)/t15-,16+,19-/m1/s1. The summed E-state index contributed by atoms with van der Waals surface area (Å²) in [6.07, 6.45) is -5.38. The molecular formula is C20H19F3N2O6. The maximum atomic E-state index is 13.9. The van der Waals surface area contributed by atoms with E-state index in [0.29, 0.717) is 5.75 Å². The summed E-state index contributed by atoms with van der Waals surface area (Å²) in [5, 5.41) is 24.1. The normalized spacial score (nSPS) is 23.5. The van der Waals surface area contributed by atoms with E-state index in [-0.39, 0.29) is 22.6 Å². The first-order chi connectivity index (χ1) is 14.5. The van der Waals surface area contributed by atoms with Gasteiger partial charge < -0.3 is 30.3 Å². The Morgan fingerprint density at radius 2 is 1.74 bits per heavy atom. The van der Waals surface area contributed by atoms with Crippen LogP contribution in [0.3, 0.4) is 0 Å². The summed E-state index contributed by atoms with van der Waals surface area (Å²) in [7, 11) is 2.61. The van der Waals surface area contributed by atoms with Crippen molar-refractivity contribution >= 4 is 11.8 Å². The van der Waals surface area contributed by atoms with Gasteiger partial charge in [0.05, 0.1) is 20.3 Å². The first-order valence-corrected chi connectivity index (χ1v) is 8.94. The number of aliphatic hydroxyl groups is 1. The highest BCUT2D eigenvalue weighted by Crippen LogP contribution is 2.45. The molecule has 0 bridgehead atoms. The predicted octanol–water partition coefficient (Wildman–Crippen LogP) is 2.51. The van der Waals surface area contributed by atoms with E-state index in [4.69, 9.17) is 9.47 Å². The smallest absolute Gasteiger partial charge is 0.437 e. The molecule has 2 aromatic carbocycles. The number of halogens is 3. The lowest BCUT2D eigenvalue weighted by Crippen LogP contribution is -2.72. The molecule has 0 aliphatic carbocycles. The number of amides is 2. The van der Waals surface area contributed by atoms with Gasteiger partial charge in [-0.05, 0) is 42.0 Å². The van der Waals surface area contributed by atoms with Crippen LogP contribution >= 0.6 is 0 Å². The van der Waals surface area contributed by atoms with Crippen molar-refractivity contribution in [2.75, 3.05) is 14.2 Å². The molecule has 1 aliphatic rings. The van der Waals surface area contributed by atoms with Crippen molar-refractivity contribution in [3.8, 4) is 17.2 Å². The minimum absolute atomic E-state index is 0.0130. The number of ether oxygens (including phenoxy) is 2. The fraction of sp³-hybridized carbons (Fsp3) is 0.300. The Hall–Kier alpha value is -3.47. The van der Waals surface area contributed by atoms with E-state index in [0.717, 1.165) is 6.07 Å². The largest absolute Gasteiger partial charge is 0.504 e. The van der Waals surface area contributed by atoms with Crippen molar-refractivity contribution in [1.29, 1.82) is 0 Å². The predicted molar refractivity (Wildman–Crippen MR) is 101 cm³/mol. The van der Waals surface area contributed by atoms with Gasteiger partial charge in [-0.1, -0.05) is 6.07 Å². The molecule has 0 aromatic heterocycles. The molecular weight excluding hydrogens is 421 g/mol. The van der Waals surface area contributed by atoms with E-state index in [9.17, 15) is 33.0 Å². The SMILES string of the molecule is COc1ccc(C(=O)[C@H]2[C@H](c3ccc(O)c(OC)c3)NC(=O)N[C@]2(O)C(F)(F)F)cc1. The minimum Gasteiger partial charge on any atom is -0.504 e. The molecule has 8 nitrogen and oxygen atoms in total. The highest BCUT2D eigenvalue weighted by Gasteiger charge is 2.66. The second-order valence-corrected chi connectivity index (χ2v) is 6.84. The molecule has 166 valence electrons. The number of carbonyl (C=O) groups is 2. The monoisotopic (exact) mass is 440 g/mol. The fourth-order valence-corrected chi connectivity index (χ4v) is 3.44. The summed E-state index contributed by atoms with van der Waals surface area (Å²) in [5.41, 5.74) is -3.98. The Kier molecular flexibility index (Phi) is 5.72. The number of phenolic OH excluding ortho intramolecular Hbond substituents is 1. The van der Waals surface area contributed by atoms with Gasteiger partial charge >= 0.3 is 12.2 Å². The van der Waals surface area contributed by atoms with Gasteiger partial charge in [0.1, 0.15) is 11.7 Å². The van der Waals surface area contributed by atoms with Crippen molar-refractivity contribution < 1.29 is 42.4 Å². The van der Waals surface area contributed by atoms with E-state index < -0.39 is 35.7 Å². The zero-order valence-corrected chi connectivity index (χ0v) is 16.4. The van der Waals surface area contributed by atoms with Crippen LogP contribution in [0.5, 0.6) is 17.2 Å². The number of phenols is 1. The molecule has 1 heterocycles.